The Morgan fingerprint density at radius 3 is 2.62 bits per heavy atom. The monoisotopic (exact) mass is 276 g/mol. The van der Waals surface area contributed by atoms with Crippen LogP contribution in [0.1, 0.15) is 15.9 Å². The van der Waals surface area contributed by atoms with Crippen molar-refractivity contribution in [1.29, 1.82) is 5.26 Å². The molecule has 0 spiro atoms. The lowest BCUT2D eigenvalue weighted by Crippen LogP contribution is -2.23. The van der Waals surface area contributed by atoms with Gasteiger partial charge in [0.15, 0.2) is 0 Å². The van der Waals surface area contributed by atoms with E-state index in [1.165, 1.54) is 0 Å². The topological polar surface area (TPSA) is 62.1 Å². The normalized spacial score (nSPS) is 9.24. The minimum Gasteiger partial charge on any atom is -0.457 e. The van der Waals surface area contributed by atoms with E-state index in [0.29, 0.717) is 22.6 Å². The maximum Gasteiger partial charge on any atom is 0.252 e. The lowest BCUT2D eigenvalue weighted by atomic mass is 10.2. The van der Waals surface area contributed by atoms with Crippen LogP contribution in [0.5, 0.6) is 11.5 Å². The molecule has 4 nitrogen and oxygen atoms in total. The van der Waals surface area contributed by atoms with Crippen LogP contribution in [0.15, 0.2) is 48.5 Å². The molecule has 0 aliphatic rings. The molecule has 2 rings (SSSR count). The van der Waals surface area contributed by atoms with E-state index in [1.54, 1.807) is 48.5 Å². The fourth-order valence-electron chi connectivity index (χ4n) is 1.67. The average Bonchev–Trinajstić information content (AvgIpc) is 2.53. The third-order valence-electron chi connectivity index (χ3n) is 2.67. The fourth-order valence-corrected chi connectivity index (χ4v) is 1.67. The van der Waals surface area contributed by atoms with Crippen molar-refractivity contribution in [2.45, 2.75) is 0 Å². The Bertz CT molecular complexity index is 722. The van der Waals surface area contributed by atoms with Gasteiger partial charge in [0.05, 0.1) is 18.2 Å². The molecule has 0 unspecified atom stereocenters. The highest BCUT2D eigenvalue weighted by molar-refractivity contribution is 5.94. The Balaban J connectivity index is 2.12. The van der Waals surface area contributed by atoms with Gasteiger partial charge >= 0.3 is 0 Å². The summed E-state index contributed by atoms with van der Waals surface area (Å²) in [7, 11) is 0. The second-order valence-electron chi connectivity index (χ2n) is 4.15. The standard InChI is InChI=1S/C17H12N2O2/c1-2-10-19-17(20)14-4-3-5-16(11-14)21-15-8-6-13(12-18)7-9-15/h1,3-9,11H,10H2,(H,19,20). The number of carbonyl (C=O) groups excluding carboxylic acids is 1. The van der Waals surface area contributed by atoms with Crippen molar-refractivity contribution >= 4 is 5.91 Å². The van der Waals surface area contributed by atoms with Gasteiger partial charge in [-0.05, 0) is 42.5 Å². The first-order valence-electron chi connectivity index (χ1n) is 6.22. The largest absolute Gasteiger partial charge is 0.457 e. The fraction of sp³-hybridized carbons (Fsp3) is 0.0588. The van der Waals surface area contributed by atoms with Crippen LogP contribution in [0.25, 0.3) is 0 Å². The second kappa shape index (κ2) is 6.79. The van der Waals surface area contributed by atoms with Crippen LogP contribution >= 0.6 is 0 Å². The molecule has 0 saturated heterocycles. The Labute approximate surface area is 123 Å². The van der Waals surface area contributed by atoms with E-state index in [0.717, 1.165) is 0 Å². The zero-order chi connectivity index (χ0) is 15.1. The Hall–Kier alpha value is -3.24. The summed E-state index contributed by atoms with van der Waals surface area (Å²) in [5, 5.41) is 11.3. The first kappa shape index (κ1) is 14.2. The van der Waals surface area contributed by atoms with Gasteiger partial charge in [0.25, 0.3) is 5.91 Å². The van der Waals surface area contributed by atoms with Gasteiger partial charge < -0.3 is 10.1 Å². The summed E-state index contributed by atoms with van der Waals surface area (Å²) < 4.78 is 5.64. The van der Waals surface area contributed by atoms with Gasteiger partial charge in [-0.2, -0.15) is 5.26 Å². The molecule has 1 N–H and O–H groups in total. The Morgan fingerprint density at radius 1 is 1.19 bits per heavy atom. The smallest absolute Gasteiger partial charge is 0.252 e. The molecule has 0 aromatic heterocycles. The van der Waals surface area contributed by atoms with E-state index in [2.05, 4.69) is 11.2 Å². The maximum absolute atomic E-state index is 11.8. The van der Waals surface area contributed by atoms with Crippen molar-refractivity contribution in [2.75, 3.05) is 6.54 Å². The Morgan fingerprint density at radius 2 is 1.95 bits per heavy atom. The van der Waals surface area contributed by atoms with E-state index in [9.17, 15) is 4.79 Å². The number of rotatable bonds is 4. The van der Waals surface area contributed by atoms with Crippen LogP contribution in [0.2, 0.25) is 0 Å². The third kappa shape index (κ3) is 3.86. The van der Waals surface area contributed by atoms with Crippen LogP contribution < -0.4 is 10.1 Å². The van der Waals surface area contributed by atoms with Crippen molar-refractivity contribution < 1.29 is 9.53 Å². The molecule has 0 heterocycles. The molecule has 0 bridgehead atoms. The highest BCUT2D eigenvalue weighted by Crippen LogP contribution is 2.22. The first-order chi connectivity index (χ1) is 10.2. The van der Waals surface area contributed by atoms with Crippen molar-refractivity contribution in [1.82, 2.24) is 5.32 Å². The number of hydrogen-bond acceptors (Lipinski definition) is 3. The molecule has 0 aliphatic carbocycles. The molecule has 1 amide bonds. The molecule has 4 heteroatoms. The summed E-state index contributed by atoms with van der Waals surface area (Å²) in [6, 6.07) is 15.5. The highest BCUT2D eigenvalue weighted by Gasteiger charge is 2.06. The number of ether oxygens (including phenoxy) is 1. The number of amides is 1. The predicted molar refractivity (Wildman–Crippen MR) is 78.8 cm³/mol. The SMILES string of the molecule is C#CCNC(=O)c1cccc(Oc2ccc(C#N)cc2)c1. The highest BCUT2D eigenvalue weighted by atomic mass is 16.5. The molecule has 0 aliphatic heterocycles. The molecule has 102 valence electrons. The van der Waals surface area contributed by atoms with E-state index >= 15 is 0 Å². The zero-order valence-corrected chi connectivity index (χ0v) is 11.2. The van der Waals surface area contributed by atoms with Crippen LogP contribution in [0.3, 0.4) is 0 Å². The first-order valence-corrected chi connectivity index (χ1v) is 6.22. The van der Waals surface area contributed by atoms with Gasteiger partial charge in [0.1, 0.15) is 11.5 Å². The number of hydrogen-bond donors (Lipinski definition) is 1. The molecule has 0 atom stereocenters. The van der Waals surface area contributed by atoms with E-state index in [-0.39, 0.29) is 12.5 Å². The van der Waals surface area contributed by atoms with Gasteiger partial charge in [-0.25, -0.2) is 0 Å². The average molecular weight is 276 g/mol. The zero-order valence-electron chi connectivity index (χ0n) is 11.2. The van der Waals surface area contributed by atoms with Gasteiger partial charge in [0.2, 0.25) is 0 Å². The van der Waals surface area contributed by atoms with Crippen LogP contribution in [-0.2, 0) is 0 Å². The number of carbonyl (C=O) groups is 1. The maximum atomic E-state index is 11.8. The number of nitriles is 1. The lowest BCUT2D eigenvalue weighted by Gasteiger charge is -2.07. The van der Waals surface area contributed by atoms with Crippen molar-refractivity contribution in [3.8, 4) is 29.9 Å². The van der Waals surface area contributed by atoms with Crippen molar-refractivity contribution in [3.63, 3.8) is 0 Å². The van der Waals surface area contributed by atoms with Gasteiger partial charge in [-0.3, -0.25) is 4.79 Å². The van der Waals surface area contributed by atoms with E-state index in [4.69, 9.17) is 16.4 Å². The van der Waals surface area contributed by atoms with Gasteiger partial charge in [-0.15, -0.1) is 6.42 Å². The Kier molecular flexibility index (Phi) is 4.58. The quantitative estimate of drug-likeness (QED) is 0.873. The number of nitrogens with one attached hydrogen (secondary N) is 1. The summed E-state index contributed by atoms with van der Waals surface area (Å²) in [4.78, 5) is 11.8. The summed E-state index contributed by atoms with van der Waals surface area (Å²) in [5.41, 5.74) is 1.03. The van der Waals surface area contributed by atoms with Crippen LogP contribution in [-0.4, -0.2) is 12.5 Å². The van der Waals surface area contributed by atoms with E-state index < -0.39 is 0 Å². The summed E-state index contributed by atoms with van der Waals surface area (Å²) in [6.45, 7) is 0.180. The van der Waals surface area contributed by atoms with Crippen LogP contribution in [0.4, 0.5) is 0 Å². The number of terminal acetylenes is 1. The van der Waals surface area contributed by atoms with Crippen molar-refractivity contribution in [2.24, 2.45) is 0 Å². The minimum absolute atomic E-state index is 0.180. The molecule has 0 radical (unpaired) electrons. The molecule has 0 saturated carbocycles. The van der Waals surface area contributed by atoms with Crippen LogP contribution in [0, 0.1) is 23.7 Å². The molecule has 2 aromatic carbocycles. The van der Waals surface area contributed by atoms with Gasteiger partial charge in [-0.1, -0.05) is 12.0 Å². The lowest BCUT2D eigenvalue weighted by molar-refractivity contribution is 0.0958. The predicted octanol–water partition coefficient (Wildman–Crippen LogP) is 2.71. The second-order valence-corrected chi connectivity index (χ2v) is 4.15. The third-order valence-corrected chi connectivity index (χ3v) is 2.67. The van der Waals surface area contributed by atoms with Crippen molar-refractivity contribution in [3.05, 3.63) is 59.7 Å². The molecule has 0 fully saturated rings. The van der Waals surface area contributed by atoms with Gasteiger partial charge in [0, 0.05) is 5.56 Å². The molecule has 21 heavy (non-hydrogen) atoms. The summed E-state index contributed by atoms with van der Waals surface area (Å²) >= 11 is 0. The summed E-state index contributed by atoms with van der Waals surface area (Å²) in [6.07, 6.45) is 5.10. The molecular formula is C17H12N2O2. The molecular weight excluding hydrogens is 264 g/mol. The number of nitrogens with zero attached hydrogens (tertiary/aromatic N) is 1. The summed E-state index contributed by atoms with van der Waals surface area (Å²) in [5.74, 6) is 3.22. The minimum atomic E-state index is -0.252. The molecule has 2 aromatic rings. The van der Waals surface area contributed by atoms with E-state index in [1.807, 2.05) is 6.07 Å². The number of benzene rings is 2.